The molecule has 2 N–H and O–H groups in total. The van der Waals surface area contributed by atoms with Crippen molar-refractivity contribution in [3.8, 4) is 0 Å². The van der Waals surface area contributed by atoms with Gasteiger partial charge in [-0.3, -0.25) is 14.7 Å². The summed E-state index contributed by atoms with van der Waals surface area (Å²) in [6.07, 6.45) is 5.60. The molecule has 2 fully saturated rings. The largest absolute Gasteiger partial charge is 0.355 e. The van der Waals surface area contributed by atoms with Gasteiger partial charge in [0.2, 0.25) is 5.91 Å². The first-order chi connectivity index (χ1) is 12.4. The average molecular weight is 366 g/mol. The van der Waals surface area contributed by atoms with E-state index in [1.165, 1.54) is 12.8 Å². The Balaban J connectivity index is 1.73. The van der Waals surface area contributed by atoms with Crippen LogP contribution in [0.25, 0.3) is 0 Å². The van der Waals surface area contributed by atoms with Gasteiger partial charge in [0.25, 0.3) is 0 Å². The lowest BCUT2D eigenvalue weighted by molar-refractivity contribution is -0.134. The Kier molecular flexibility index (Phi) is 8.19. The Bertz CT molecular complexity index is 463. The first kappa shape index (κ1) is 21.0. The Hall–Kier alpha value is -1.30. The molecule has 1 aliphatic heterocycles. The van der Waals surface area contributed by atoms with Crippen LogP contribution in [0.4, 0.5) is 0 Å². The van der Waals surface area contributed by atoms with E-state index in [-0.39, 0.29) is 5.92 Å². The predicted octanol–water partition coefficient (Wildman–Crippen LogP) is 2.06. The minimum Gasteiger partial charge on any atom is -0.355 e. The Labute approximate surface area is 159 Å². The summed E-state index contributed by atoms with van der Waals surface area (Å²) in [5.41, 5.74) is 0. The number of aliphatic imine (C=N–C) groups is 1. The van der Waals surface area contributed by atoms with Gasteiger partial charge in [0.15, 0.2) is 5.96 Å². The summed E-state index contributed by atoms with van der Waals surface area (Å²) in [6, 6.07) is 1.38. The standard InChI is InChI=1S/C20H39N5O/c1-15(2)25(16(3)4)13-11-22-20(21-5)23-18-10-12-24(14-18)19(26)17-8-6-7-9-17/h15-18H,6-14H2,1-5H3,(H2,21,22,23). The Morgan fingerprint density at radius 1 is 1.15 bits per heavy atom. The molecular formula is C20H39N5O. The van der Waals surface area contributed by atoms with Crippen molar-refractivity contribution in [3.05, 3.63) is 0 Å². The average Bonchev–Trinajstić information content (AvgIpc) is 3.27. The molecule has 1 aliphatic carbocycles. The third kappa shape index (κ3) is 5.86. The quantitative estimate of drug-likeness (QED) is 0.536. The molecule has 2 aliphatic rings. The molecule has 6 nitrogen and oxygen atoms in total. The molecule has 150 valence electrons. The highest BCUT2D eigenvalue weighted by molar-refractivity contribution is 5.81. The molecule has 1 saturated carbocycles. The van der Waals surface area contributed by atoms with Crippen molar-refractivity contribution >= 4 is 11.9 Å². The van der Waals surface area contributed by atoms with Crippen LogP contribution in [0.3, 0.4) is 0 Å². The fraction of sp³-hybridized carbons (Fsp3) is 0.900. The van der Waals surface area contributed by atoms with Crippen LogP contribution in [0.2, 0.25) is 0 Å². The van der Waals surface area contributed by atoms with Gasteiger partial charge in [-0.25, -0.2) is 0 Å². The summed E-state index contributed by atoms with van der Waals surface area (Å²) in [5.74, 6) is 1.50. The molecule has 26 heavy (non-hydrogen) atoms. The van der Waals surface area contributed by atoms with E-state index in [2.05, 4.69) is 53.1 Å². The molecule has 1 amide bonds. The van der Waals surface area contributed by atoms with Gasteiger partial charge in [-0.2, -0.15) is 0 Å². The fourth-order valence-corrected chi connectivity index (χ4v) is 4.31. The molecular weight excluding hydrogens is 326 g/mol. The second-order valence-corrected chi connectivity index (χ2v) is 8.32. The molecule has 1 atom stereocenters. The van der Waals surface area contributed by atoms with E-state index >= 15 is 0 Å². The lowest BCUT2D eigenvalue weighted by Gasteiger charge is -2.30. The second-order valence-electron chi connectivity index (χ2n) is 8.32. The number of nitrogens with one attached hydrogen (secondary N) is 2. The van der Waals surface area contributed by atoms with Crippen LogP contribution in [0, 0.1) is 5.92 Å². The van der Waals surface area contributed by atoms with E-state index in [0.717, 1.165) is 51.4 Å². The van der Waals surface area contributed by atoms with Crippen molar-refractivity contribution in [2.45, 2.75) is 77.9 Å². The van der Waals surface area contributed by atoms with Crippen LogP contribution >= 0.6 is 0 Å². The van der Waals surface area contributed by atoms with Gasteiger partial charge in [-0.1, -0.05) is 12.8 Å². The topological polar surface area (TPSA) is 60.0 Å². The lowest BCUT2D eigenvalue weighted by Crippen LogP contribution is -2.48. The number of rotatable bonds is 7. The summed E-state index contributed by atoms with van der Waals surface area (Å²) < 4.78 is 0. The highest BCUT2D eigenvalue weighted by atomic mass is 16.2. The number of guanidine groups is 1. The third-order valence-corrected chi connectivity index (χ3v) is 5.76. The van der Waals surface area contributed by atoms with Gasteiger partial charge < -0.3 is 15.5 Å². The highest BCUT2D eigenvalue weighted by Gasteiger charge is 2.32. The van der Waals surface area contributed by atoms with E-state index in [9.17, 15) is 4.79 Å². The zero-order valence-electron chi connectivity index (χ0n) is 17.4. The highest BCUT2D eigenvalue weighted by Crippen LogP contribution is 2.27. The Morgan fingerprint density at radius 2 is 1.81 bits per heavy atom. The molecule has 0 radical (unpaired) electrons. The molecule has 6 heteroatoms. The molecule has 0 spiro atoms. The molecule has 1 saturated heterocycles. The Morgan fingerprint density at radius 3 is 2.38 bits per heavy atom. The summed E-state index contributed by atoms with van der Waals surface area (Å²) in [6.45, 7) is 12.5. The molecule has 0 bridgehead atoms. The van der Waals surface area contributed by atoms with E-state index in [0.29, 0.717) is 24.0 Å². The van der Waals surface area contributed by atoms with Crippen LogP contribution in [-0.4, -0.2) is 73.0 Å². The van der Waals surface area contributed by atoms with Crippen LogP contribution in [0.15, 0.2) is 4.99 Å². The first-order valence-electron chi connectivity index (χ1n) is 10.4. The van der Waals surface area contributed by atoms with Gasteiger partial charge >= 0.3 is 0 Å². The van der Waals surface area contributed by atoms with Gasteiger partial charge in [0.05, 0.1) is 0 Å². The molecule has 0 aromatic carbocycles. The summed E-state index contributed by atoms with van der Waals surface area (Å²) in [7, 11) is 1.81. The van der Waals surface area contributed by atoms with Crippen LogP contribution in [0.1, 0.15) is 59.8 Å². The molecule has 0 aromatic rings. The monoisotopic (exact) mass is 365 g/mol. The van der Waals surface area contributed by atoms with Gasteiger partial charge in [-0.15, -0.1) is 0 Å². The summed E-state index contributed by atoms with van der Waals surface area (Å²) in [5, 5.41) is 6.93. The minimum absolute atomic E-state index is 0.282. The van der Waals surface area contributed by atoms with E-state index in [1.807, 2.05) is 7.05 Å². The molecule has 1 heterocycles. The molecule has 0 aromatic heterocycles. The lowest BCUT2D eigenvalue weighted by atomic mass is 10.1. The smallest absolute Gasteiger partial charge is 0.225 e. The van der Waals surface area contributed by atoms with Crippen LogP contribution < -0.4 is 10.6 Å². The number of carbonyl (C=O) groups excluding carboxylic acids is 1. The number of hydrogen-bond donors (Lipinski definition) is 2. The first-order valence-corrected chi connectivity index (χ1v) is 10.4. The van der Waals surface area contributed by atoms with Crippen molar-refractivity contribution in [1.29, 1.82) is 0 Å². The van der Waals surface area contributed by atoms with Crippen molar-refractivity contribution in [2.75, 3.05) is 33.2 Å². The zero-order chi connectivity index (χ0) is 19.1. The van der Waals surface area contributed by atoms with Crippen molar-refractivity contribution in [1.82, 2.24) is 20.4 Å². The van der Waals surface area contributed by atoms with Gasteiger partial charge in [0, 0.05) is 57.3 Å². The van der Waals surface area contributed by atoms with E-state index < -0.39 is 0 Å². The SMILES string of the molecule is CN=C(NCCN(C(C)C)C(C)C)NC1CCN(C(=O)C2CCCC2)C1. The molecule has 2 rings (SSSR count). The predicted molar refractivity (Wildman–Crippen MR) is 108 cm³/mol. The maximum atomic E-state index is 12.6. The third-order valence-electron chi connectivity index (χ3n) is 5.76. The molecule has 1 unspecified atom stereocenters. The van der Waals surface area contributed by atoms with Gasteiger partial charge in [-0.05, 0) is 47.0 Å². The van der Waals surface area contributed by atoms with E-state index in [4.69, 9.17) is 0 Å². The number of nitrogens with zero attached hydrogens (tertiary/aromatic N) is 3. The number of carbonyl (C=O) groups is 1. The van der Waals surface area contributed by atoms with Crippen molar-refractivity contribution in [3.63, 3.8) is 0 Å². The fourth-order valence-electron chi connectivity index (χ4n) is 4.31. The zero-order valence-corrected chi connectivity index (χ0v) is 17.4. The summed E-state index contributed by atoms with van der Waals surface area (Å²) >= 11 is 0. The number of likely N-dealkylation sites (tertiary alicyclic amines) is 1. The van der Waals surface area contributed by atoms with Crippen LogP contribution in [0.5, 0.6) is 0 Å². The van der Waals surface area contributed by atoms with Crippen molar-refractivity contribution < 1.29 is 4.79 Å². The maximum Gasteiger partial charge on any atom is 0.225 e. The minimum atomic E-state index is 0.282. The number of amides is 1. The summed E-state index contributed by atoms with van der Waals surface area (Å²) in [4.78, 5) is 21.5. The van der Waals surface area contributed by atoms with E-state index in [1.54, 1.807) is 0 Å². The van der Waals surface area contributed by atoms with Gasteiger partial charge in [0.1, 0.15) is 0 Å². The normalized spacial score (nSPS) is 22.1. The van der Waals surface area contributed by atoms with Crippen LogP contribution in [-0.2, 0) is 4.79 Å². The number of hydrogen-bond acceptors (Lipinski definition) is 3. The maximum absolute atomic E-state index is 12.6. The second kappa shape index (κ2) is 10.1. The van der Waals surface area contributed by atoms with Crippen molar-refractivity contribution in [2.24, 2.45) is 10.9 Å².